The Labute approximate surface area is 89.9 Å². The fourth-order valence-electron chi connectivity index (χ4n) is 1.40. The Morgan fingerprint density at radius 3 is 2.60 bits per heavy atom. The van der Waals surface area contributed by atoms with Crippen LogP contribution in [0.1, 0.15) is 12.5 Å². The van der Waals surface area contributed by atoms with Crippen molar-refractivity contribution in [3.63, 3.8) is 0 Å². The molecule has 0 fully saturated rings. The molecule has 4 N–H and O–H groups in total. The predicted molar refractivity (Wildman–Crippen MR) is 62.7 cm³/mol. The minimum atomic E-state index is -0.337. The molecule has 4 heteroatoms. The summed E-state index contributed by atoms with van der Waals surface area (Å²) in [7, 11) is 0. The minimum Gasteiger partial charge on any atom is -0.398 e. The van der Waals surface area contributed by atoms with Gasteiger partial charge in [-0.2, -0.15) is 0 Å². The number of carbonyl (C=O) groups excluding carboxylic acids is 1. The maximum absolute atomic E-state index is 10.8. The number of primary amides is 1. The molecular formula is C11H17N3O. The van der Waals surface area contributed by atoms with Crippen LogP contribution >= 0.6 is 0 Å². The van der Waals surface area contributed by atoms with Gasteiger partial charge in [-0.25, -0.2) is 0 Å². The van der Waals surface area contributed by atoms with Gasteiger partial charge in [0.1, 0.15) is 0 Å². The van der Waals surface area contributed by atoms with E-state index in [1.54, 1.807) is 0 Å². The monoisotopic (exact) mass is 207 g/mol. The minimum absolute atomic E-state index is 0.221. The zero-order chi connectivity index (χ0) is 11.4. The van der Waals surface area contributed by atoms with Gasteiger partial charge < -0.3 is 16.4 Å². The molecule has 4 nitrogen and oxygen atoms in total. The van der Waals surface area contributed by atoms with Gasteiger partial charge in [0.2, 0.25) is 5.91 Å². The Morgan fingerprint density at radius 2 is 2.13 bits per heavy atom. The summed E-state index contributed by atoms with van der Waals surface area (Å²) in [4.78, 5) is 12.7. The van der Waals surface area contributed by atoms with Crippen molar-refractivity contribution < 1.29 is 4.79 Å². The Hall–Kier alpha value is -1.71. The van der Waals surface area contributed by atoms with E-state index in [-0.39, 0.29) is 12.5 Å². The van der Waals surface area contributed by atoms with Crippen LogP contribution in [0.25, 0.3) is 0 Å². The van der Waals surface area contributed by atoms with E-state index in [0.717, 1.165) is 23.5 Å². The molecule has 0 aliphatic rings. The molecule has 1 amide bonds. The van der Waals surface area contributed by atoms with Gasteiger partial charge in [-0.1, -0.05) is 6.07 Å². The maximum atomic E-state index is 10.8. The molecule has 1 aromatic rings. The lowest BCUT2D eigenvalue weighted by Crippen LogP contribution is -2.33. The lowest BCUT2D eigenvalue weighted by molar-refractivity contribution is -0.116. The molecule has 1 rings (SSSR count). The molecule has 0 saturated heterocycles. The fraction of sp³-hybridized carbons (Fsp3) is 0.364. The first kappa shape index (κ1) is 11.4. The molecule has 0 aliphatic carbocycles. The van der Waals surface area contributed by atoms with Gasteiger partial charge in [0.15, 0.2) is 0 Å². The quantitative estimate of drug-likeness (QED) is 0.720. The first-order chi connectivity index (χ1) is 7.04. The zero-order valence-corrected chi connectivity index (χ0v) is 9.16. The van der Waals surface area contributed by atoms with Crippen molar-refractivity contribution in [1.29, 1.82) is 0 Å². The number of nitrogen functional groups attached to an aromatic ring is 1. The van der Waals surface area contributed by atoms with Gasteiger partial charge in [-0.05, 0) is 31.5 Å². The number of benzene rings is 1. The average Bonchev–Trinajstić information content (AvgIpc) is 2.18. The van der Waals surface area contributed by atoms with Gasteiger partial charge in [0, 0.05) is 17.9 Å². The molecule has 0 aromatic heterocycles. The molecule has 1 aromatic carbocycles. The number of amides is 1. The van der Waals surface area contributed by atoms with E-state index in [1.165, 1.54) is 0 Å². The van der Waals surface area contributed by atoms with Crippen LogP contribution in [0, 0.1) is 6.92 Å². The number of nitrogens with two attached hydrogens (primary N) is 2. The van der Waals surface area contributed by atoms with Crippen molar-refractivity contribution in [2.75, 3.05) is 23.7 Å². The molecule has 82 valence electrons. The van der Waals surface area contributed by atoms with Crippen molar-refractivity contribution in [2.45, 2.75) is 13.8 Å². The highest BCUT2D eigenvalue weighted by atomic mass is 16.1. The molecule has 0 unspecified atom stereocenters. The van der Waals surface area contributed by atoms with E-state index in [2.05, 4.69) is 0 Å². The van der Waals surface area contributed by atoms with Crippen LogP contribution in [0.5, 0.6) is 0 Å². The lowest BCUT2D eigenvalue weighted by Gasteiger charge is -2.21. The SMILES string of the molecule is CCN(CC(N)=O)c1ccc(C)c(N)c1. The van der Waals surface area contributed by atoms with Crippen molar-refractivity contribution in [2.24, 2.45) is 5.73 Å². The second kappa shape index (κ2) is 4.68. The van der Waals surface area contributed by atoms with E-state index in [0.29, 0.717) is 0 Å². The van der Waals surface area contributed by atoms with Gasteiger partial charge in [-0.3, -0.25) is 4.79 Å². The Balaban J connectivity index is 2.92. The van der Waals surface area contributed by atoms with Crippen LogP contribution in [0.4, 0.5) is 11.4 Å². The van der Waals surface area contributed by atoms with E-state index in [4.69, 9.17) is 11.5 Å². The summed E-state index contributed by atoms with van der Waals surface area (Å²) in [6.45, 7) is 4.87. The highest BCUT2D eigenvalue weighted by Crippen LogP contribution is 2.20. The van der Waals surface area contributed by atoms with Crippen LogP contribution in [-0.2, 0) is 4.79 Å². The number of hydrogen-bond donors (Lipinski definition) is 2. The normalized spacial score (nSPS) is 10.0. The lowest BCUT2D eigenvalue weighted by atomic mass is 10.1. The first-order valence-electron chi connectivity index (χ1n) is 4.94. The van der Waals surface area contributed by atoms with Crippen molar-refractivity contribution in [3.05, 3.63) is 23.8 Å². The van der Waals surface area contributed by atoms with Crippen molar-refractivity contribution >= 4 is 17.3 Å². The van der Waals surface area contributed by atoms with Crippen LogP contribution < -0.4 is 16.4 Å². The number of carbonyl (C=O) groups is 1. The molecule has 0 spiro atoms. The molecule has 0 bridgehead atoms. The standard InChI is InChI=1S/C11H17N3O/c1-3-14(7-11(13)15)9-5-4-8(2)10(12)6-9/h4-6H,3,7,12H2,1-2H3,(H2,13,15). The smallest absolute Gasteiger partial charge is 0.236 e. The molecule has 0 atom stereocenters. The molecule has 15 heavy (non-hydrogen) atoms. The van der Waals surface area contributed by atoms with Crippen molar-refractivity contribution in [1.82, 2.24) is 0 Å². The molecular weight excluding hydrogens is 190 g/mol. The summed E-state index contributed by atoms with van der Waals surface area (Å²) < 4.78 is 0. The van der Waals surface area contributed by atoms with E-state index < -0.39 is 0 Å². The summed E-state index contributed by atoms with van der Waals surface area (Å²) in [6, 6.07) is 5.74. The largest absolute Gasteiger partial charge is 0.398 e. The average molecular weight is 207 g/mol. The van der Waals surface area contributed by atoms with Gasteiger partial charge in [0.25, 0.3) is 0 Å². The molecule has 0 aliphatic heterocycles. The highest BCUT2D eigenvalue weighted by Gasteiger charge is 2.07. The second-order valence-electron chi connectivity index (χ2n) is 3.52. The third-order valence-corrected chi connectivity index (χ3v) is 2.36. The fourth-order valence-corrected chi connectivity index (χ4v) is 1.40. The number of aryl methyl sites for hydroxylation is 1. The Morgan fingerprint density at radius 1 is 1.47 bits per heavy atom. The first-order valence-corrected chi connectivity index (χ1v) is 4.94. The maximum Gasteiger partial charge on any atom is 0.236 e. The summed E-state index contributed by atoms with van der Waals surface area (Å²) in [5.74, 6) is -0.337. The number of anilines is 2. The van der Waals surface area contributed by atoms with Gasteiger partial charge in [0.05, 0.1) is 6.54 Å². The predicted octanol–water partition coefficient (Wildman–Crippen LogP) is 0.889. The summed E-state index contributed by atoms with van der Waals surface area (Å²) in [5, 5.41) is 0. The molecule has 0 saturated carbocycles. The third kappa shape index (κ3) is 2.87. The zero-order valence-electron chi connectivity index (χ0n) is 9.16. The van der Waals surface area contributed by atoms with Crippen LogP contribution in [0.15, 0.2) is 18.2 Å². The van der Waals surface area contributed by atoms with Crippen LogP contribution in [-0.4, -0.2) is 19.0 Å². The third-order valence-electron chi connectivity index (χ3n) is 2.36. The Bertz CT molecular complexity index is 363. The van der Waals surface area contributed by atoms with Crippen molar-refractivity contribution in [3.8, 4) is 0 Å². The molecule has 0 radical (unpaired) electrons. The van der Waals surface area contributed by atoms with Gasteiger partial charge >= 0.3 is 0 Å². The van der Waals surface area contributed by atoms with Gasteiger partial charge in [-0.15, -0.1) is 0 Å². The summed E-state index contributed by atoms with van der Waals surface area (Å²) >= 11 is 0. The van der Waals surface area contributed by atoms with Crippen LogP contribution in [0.2, 0.25) is 0 Å². The number of rotatable bonds is 4. The van der Waals surface area contributed by atoms with Crippen LogP contribution in [0.3, 0.4) is 0 Å². The topological polar surface area (TPSA) is 72.3 Å². The number of likely N-dealkylation sites (N-methyl/N-ethyl adjacent to an activating group) is 1. The number of hydrogen-bond acceptors (Lipinski definition) is 3. The summed E-state index contributed by atoms with van der Waals surface area (Å²) in [5.41, 5.74) is 13.7. The Kier molecular flexibility index (Phi) is 3.55. The van der Waals surface area contributed by atoms with E-state index >= 15 is 0 Å². The number of nitrogens with zero attached hydrogens (tertiary/aromatic N) is 1. The highest BCUT2D eigenvalue weighted by molar-refractivity contribution is 5.80. The second-order valence-corrected chi connectivity index (χ2v) is 3.52. The summed E-state index contributed by atoms with van der Waals surface area (Å²) in [6.07, 6.45) is 0. The molecule has 0 heterocycles. The van der Waals surface area contributed by atoms with E-state index in [1.807, 2.05) is 36.9 Å². The van der Waals surface area contributed by atoms with E-state index in [9.17, 15) is 4.79 Å².